The topological polar surface area (TPSA) is 186 Å². The fourth-order valence-corrected chi connectivity index (χ4v) is 13.7. The zero-order chi connectivity index (χ0) is 64.2. The molecule has 0 saturated heterocycles. The summed E-state index contributed by atoms with van der Waals surface area (Å²) in [5.41, 5.74) is 12.6. The minimum atomic E-state index is -1.48. The zero-order valence-electron chi connectivity index (χ0n) is 55.1. The number of esters is 4. The van der Waals surface area contributed by atoms with Crippen molar-refractivity contribution in [2.45, 2.75) is 222 Å². The third-order valence-corrected chi connectivity index (χ3v) is 19.1. The quantitative estimate of drug-likeness (QED) is 0.0239. The number of phenolic OH excluding ortho intramolecular Hbond substituents is 4. The molecule has 4 rings (SSSR count). The van der Waals surface area contributed by atoms with Gasteiger partial charge in [-0.05, 0) is 185 Å². The van der Waals surface area contributed by atoms with Gasteiger partial charge < -0.3 is 39.4 Å². The van der Waals surface area contributed by atoms with Gasteiger partial charge in [0.1, 0.15) is 54.8 Å². The molecule has 0 unspecified atom stereocenters. The molecule has 12 nitrogen and oxygen atoms in total. The van der Waals surface area contributed by atoms with Crippen molar-refractivity contribution in [2.24, 2.45) is 5.41 Å². The number of aryl methyl sites for hydroxylation is 4. The number of phenols is 4. The second kappa shape index (κ2) is 30.8. The molecule has 0 amide bonds. The van der Waals surface area contributed by atoms with Crippen LogP contribution in [0.3, 0.4) is 0 Å². The van der Waals surface area contributed by atoms with E-state index in [9.17, 15) is 39.6 Å². The largest absolute Gasteiger partial charge is 0.507 e. The fourth-order valence-electron chi connectivity index (χ4n) is 10.4. The van der Waals surface area contributed by atoms with Crippen LogP contribution >= 0.6 is 35.3 Å². The summed E-state index contributed by atoms with van der Waals surface area (Å²) in [5.74, 6) is 1.86. The van der Waals surface area contributed by atoms with Crippen molar-refractivity contribution in [3.05, 3.63) is 113 Å². The van der Waals surface area contributed by atoms with Crippen LogP contribution in [0.5, 0.6) is 23.0 Å². The number of unbranched alkanes of at least 4 members (excludes halogenated alkanes) is 1. The second-order valence-electron chi connectivity index (χ2n) is 27.5. The molecule has 0 fully saturated rings. The lowest BCUT2D eigenvalue weighted by Crippen LogP contribution is -2.44. The molecule has 0 heterocycles. The Balaban J connectivity index is 1.55. The molecule has 0 aliphatic carbocycles. The van der Waals surface area contributed by atoms with Crippen LogP contribution in [0.15, 0.2) is 24.3 Å². The first-order chi connectivity index (χ1) is 39.3. The summed E-state index contributed by atoms with van der Waals surface area (Å²) in [7, 11) is 0. The predicted molar refractivity (Wildman–Crippen MR) is 351 cm³/mol. The van der Waals surface area contributed by atoms with Crippen LogP contribution in [0.4, 0.5) is 0 Å². The molecule has 15 heteroatoms. The van der Waals surface area contributed by atoms with Crippen LogP contribution in [-0.2, 0) is 83.5 Å². The first-order valence-electron chi connectivity index (χ1n) is 30.0. The van der Waals surface area contributed by atoms with E-state index in [-0.39, 0.29) is 96.8 Å². The summed E-state index contributed by atoms with van der Waals surface area (Å²) in [4.78, 5) is 54.8. The van der Waals surface area contributed by atoms with E-state index in [0.29, 0.717) is 53.8 Å². The summed E-state index contributed by atoms with van der Waals surface area (Å²) in [6.45, 7) is 39.0. The number of carbonyl (C=O) groups is 4. The van der Waals surface area contributed by atoms with E-state index in [1.54, 1.807) is 0 Å². The monoisotopic (exact) mass is 1230 g/mol. The summed E-state index contributed by atoms with van der Waals surface area (Å²) >= 11 is 4.60. The van der Waals surface area contributed by atoms with Gasteiger partial charge in [0.15, 0.2) is 0 Å². The van der Waals surface area contributed by atoms with Crippen LogP contribution in [0.2, 0.25) is 0 Å². The Morgan fingerprint density at radius 1 is 0.365 bits per heavy atom. The normalized spacial score (nSPS) is 12.4. The first kappa shape index (κ1) is 72.5. The van der Waals surface area contributed by atoms with Crippen molar-refractivity contribution in [1.82, 2.24) is 0 Å². The van der Waals surface area contributed by atoms with Gasteiger partial charge in [-0.3, -0.25) is 19.2 Å². The van der Waals surface area contributed by atoms with Crippen molar-refractivity contribution in [1.29, 1.82) is 0 Å². The van der Waals surface area contributed by atoms with Crippen molar-refractivity contribution in [2.75, 3.05) is 43.7 Å². The summed E-state index contributed by atoms with van der Waals surface area (Å²) < 4.78 is 23.9. The Labute approximate surface area is 522 Å². The summed E-state index contributed by atoms with van der Waals surface area (Å²) in [6.07, 6.45) is 1.91. The molecule has 0 radical (unpaired) electrons. The number of aromatic hydroxyl groups is 4. The third kappa shape index (κ3) is 20.5. The Morgan fingerprint density at radius 2 is 0.600 bits per heavy atom. The lowest BCUT2D eigenvalue weighted by Gasteiger charge is -2.31. The summed E-state index contributed by atoms with van der Waals surface area (Å²) in [6, 6.07) is 8.12. The van der Waals surface area contributed by atoms with Gasteiger partial charge >= 0.3 is 23.9 Å². The maximum Gasteiger partial charge on any atom is 0.306 e. The van der Waals surface area contributed by atoms with Crippen molar-refractivity contribution < 1.29 is 58.6 Å². The first-order valence-corrected chi connectivity index (χ1v) is 33.4. The van der Waals surface area contributed by atoms with Gasteiger partial charge in [0.05, 0.1) is 19.3 Å². The lowest BCUT2D eigenvalue weighted by atomic mass is 9.82. The number of ether oxygens (including phenoxy) is 4. The highest BCUT2D eigenvalue weighted by molar-refractivity contribution is 7.99. The molecule has 0 spiro atoms. The number of thioether (sulfide) groups is 3. The zero-order valence-corrected chi connectivity index (χ0v) is 57.6. The molecule has 0 atom stereocenters. The van der Waals surface area contributed by atoms with Crippen LogP contribution in [0, 0.1) is 60.8 Å². The molecule has 0 saturated carbocycles. The van der Waals surface area contributed by atoms with Gasteiger partial charge in [-0.15, -0.1) is 0 Å². The number of benzene rings is 4. The van der Waals surface area contributed by atoms with E-state index < -0.39 is 29.3 Å². The molecule has 0 bridgehead atoms. The summed E-state index contributed by atoms with van der Waals surface area (Å²) in [5, 5.41) is 44.5. The number of hydrogen-bond donors (Lipinski definition) is 4. The average Bonchev–Trinajstić information content (AvgIpc) is 2.24. The van der Waals surface area contributed by atoms with Gasteiger partial charge in [-0.2, -0.15) is 35.3 Å². The Morgan fingerprint density at radius 3 is 0.859 bits per heavy atom. The maximum atomic E-state index is 13.7. The van der Waals surface area contributed by atoms with Gasteiger partial charge in [0, 0.05) is 40.9 Å². The van der Waals surface area contributed by atoms with Crippen LogP contribution in [-0.4, -0.2) is 88.0 Å². The fraction of sp³-hybridized carbons (Fsp3) is 0.600. The highest BCUT2D eigenvalue weighted by atomic mass is 32.2. The van der Waals surface area contributed by atoms with E-state index >= 15 is 0 Å². The Bertz CT molecular complexity index is 2600. The minimum absolute atomic E-state index is 0.0275. The van der Waals surface area contributed by atoms with Crippen LogP contribution < -0.4 is 0 Å². The number of carbonyl (C=O) groups excluding carboxylic acids is 4. The third-order valence-electron chi connectivity index (χ3n) is 16.1. The number of rotatable bonds is 28. The molecular formula is C70H102O12S3. The molecule has 4 N–H and O–H groups in total. The molecule has 0 aliphatic heterocycles. The molecule has 4 aromatic carbocycles. The van der Waals surface area contributed by atoms with E-state index in [4.69, 9.17) is 18.9 Å². The van der Waals surface area contributed by atoms with E-state index in [2.05, 4.69) is 83.1 Å². The molecule has 0 aliphatic rings. The molecule has 0 aromatic heterocycles. The Kier molecular flexibility index (Phi) is 26.2. The van der Waals surface area contributed by atoms with Gasteiger partial charge in [0.25, 0.3) is 0 Å². The van der Waals surface area contributed by atoms with Crippen LogP contribution in [0.1, 0.15) is 211 Å². The van der Waals surface area contributed by atoms with Gasteiger partial charge in [-0.25, -0.2) is 0 Å². The average molecular weight is 1230 g/mol. The Hall–Kier alpha value is -4.99. The number of hydrogen-bond acceptors (Lipinski definition) is 15. The molecule has 4 aromatic rings. The smallest absolute Gasteiger partial charge is 0.306 e. The molecular weight excluding hydrogens is 1130 g/mol. The molecule has 85 heavy (non-hydrogen) atoms. The molecule has 472 valence electrons. The van der Waals surface area contributed by atoms with Gasteiger partial charge in [0.2, 0.25) is 0 Å². The van der Waals surface area contributed by atoms with E-state index in [0.717, 1.165) is 89.0 Å². The highest BCUT2D eigenvalue weighted by Crippen LogP contribution is 2.42. The SMILES string of the molecule is Cc1cc(C(C)(C)C)c(O)c(C)c1CCCCC(=O)OCC(COC(=O)CCSCc1c(C)cc(C(C)(C)C)c(O)c1C)(COC(=O)CCSCc1c(C)cc(C(C)(C)C)c(O)c1C)COC(=O)CCSCc1c(C)cc(C(C)(C)C)c(O)c1C. The second-order valence-corrected chi connectivity index (χ2v) is 30.8. The van der Waals surface area contributed by atoms with Crippen molar-refractivity contribution >= 4 is 59.2 Å². The predicted octanol–water partition coefficient (Wildman–Crippen LogP) is 16.0. The maximum absolute atomic E-state index is 13.7. The highest BCUT2D eigenvalue weighted by Gasteiger charge is 2.38. The van der Waals surface area contributed by atoms with Crippen LogP contribution in [0.25, 0.3) is 0 Å². The van der Waals surface area contributed by atoms with Crippen molar-refractivity contribution in [3.8, 4) is 23.0 Å². The van der Waals surface area contributed by atoms with E-state index in [1.807, 2.05) is 79.7 Å². The van der Waals surface area contributed by atoms with E-state index in [1.165, 1.54) is 35.3 Å². The standard InChI is InChI=1S/C70H102O12S3/c1-42-31-54(66(9,10)11)62(75)46(5)50(42)23-21-22-24-58(71)79-38-70(39-80-59(72)25-28-83-35-51-43(2)32-55(67(12,13)14)63(76)47(51)6,40-81-60(73)26-29-84-36-52-44(3)33-56(68(15,16)17)64(77)48(52)7)41-82-61(74)27-30-85-37-53-45(4)34-57(69(18,19)20)65(78)49(53)8/h31-34,75-78H,21-30,35-41H2,1-20H3. The van der Waals surface area contributed by atoms with Crippen molar-refractivity contribution in [3.63, 3.8) is 0 Å². The lowest BCUT2D eigenvalue weighted by molar-refractivity contribution is -0.170. The minimum Gasteiger partial charge on any atom is -0.507 e. The van der Waals surface area contributed by atoms with Gasteiger partial charge in [-0.1, -0.05) is 107 Å².